The minimum absolute atomic E-state index is 0.0310. The monoisotopic (exact) mass is 544 g/mol. The maximum Gasteiger partial charge on any atom is 0.418 e. The molecule has 0 bridgehead atoms. The lowest BCUT2D eigenvalue weighted by Gasteiger charge is -2.35. The van der Waals surface area contributed by atoms with Crippen molar-refractivity contribution in [2.24, 2.45) is 0 Å². The van der Waals surface area contributed by atoms with Gasteiger partial charge in [-0.05, 0) is 60.7 Å². The highest BCUT2D eigenvalue weighted by Gasteiger charge is 2.33. The summed E-state index contributed by atoms with van der Waals surface area (Å²) in [6.45, 7) is 3.15. The first-order valence-electron chi connectivity index (χ1n) is 12.6. The number of amides is 1. The predicted molar refractivity (Wildman–Crippen MR) is 139 cm³/mol. The molecule has 2 heterocycles. The average molecular weight is 545 g/mol. The number of rotatable bonds is 7. The summed E-state index contributed by atoms with van der Waals surface area (Å²) in [6, 6.07) is 14.8. The Labute approximate surface area is 223 Å². The van der Waals surface area contributed by atoms with Gasteiger partial charge in [0.15, 0.2) is 6.61 Å². The highest BCUT2D eigenvalue weighted by Crippen LogP contribution is 2.36. The van der Waals surface area contributed by atoms with Crippen LogP contribution in [0, 0.1) is 5.82 Å². The fourth-order valence-corrected chi connectivity index (χ4v) is 4.78. The molecule has 206 valence electrons. The summed E-state index contributed by atoms with van der Waals surface area (Å²) in [4.78, 5) is 16.7. The number of hydrogen-bond donors (Lipinski definition) is 2. The van der Waals surface area contributed by atoms with Crippen LogP contribution in [0.2, 0.25) is 0 Å². The van der Waals surface area contributed by atoms with Gasteiger partial charge in [-0.2, -0.15) is 13.2 Å². The zero-order valence-electron chi connectivity index (χ0n) is 21.0. The van der Waals surface area contributed by atoms with Crippen molar-refractivity contribution in [1.29, 1.82) is 0 Å². The number of carbonyl (C=O) groups is 1. The average Bonchev–Trinajstić information content (AvgIpc) is 3.30. The minimum atomic E-state index is -4.54. The molecule has 0 radical (unpaired) electrons. The van der Waals surface area contributed by atoms with E-state index < -0.39 is 11.7 Å². The molecule has 3 aromatic rings. The van der Waals surface area contributed by atoms with Crippen LogP contribution in [-0.4, -0.2) is 61.1 Å². The number of hydrogen-bond acceptors (Lipinski definition) is 6. The Balaban J connectivity index is 1.05. The molecule has 1 unspecified atom stereocenters. The van der Waals surface area contributed by atoms with Gasteiger partial charge in [0.1, 0.15) is 23.4 Å². The van der Waals surface area contributed by atoms with E-state index in [-0.39, 0.29) is 35.8 Å². The Bertz CT molecular complexity index is 1330. The maximum atomic E-state index is 13.4. The van der Waals surface area contributed by atoms with Gasteiger partial charge in [-0.15, -0.1) is 0 Å². The summed E-state index contributed by atoms with van der Waals surface area (Å²) in [5.74, 6) is 0.812. The van der Waals surface area contributed by atoms with Gasteiger partial charge >= 0.3 is 6.18 Å². The van der Waals surface area contributed by atoms with Crippen LogP contribution in [-0.2, 0) is 17.4 Å². The molecule has 11 heteroatoms. The van der Waals surface area contributed by atoms with Gasteiger partial charge < -0.3 is 25.4 Å². The number of carbonyl (C=O) groups excluding carboxylic acids is 1. The van der Waals surface area contributed by atoms with Gasteiger partial charge in [0, 0.05) is 61.8 Å². The lowest BCUT2D eigenvalue weighted by molar-refractivity contribution is -0.137. The highest BCUT2D eigenvalue weighted by atomic mass is 19.4. The zero-order chi connectivity index (χ0) is 27.6. The molecule has 0 saturated carbocycles. The number of alkyl halides is 3. The van der Waals surface area contributed by atoms with Crippen LogP contribution in [0.4, 0.5) is 34.6 Å². The number of nitrogens with two attached hydrogens (primary N) is 1. The SMILES string of the molecule is Nc1ccc(Nc2ccc(OCC(=O)N3CCN(CC4Cc5cc(F)ccc5O4)CC3)cc2)cc1C(F)(F)F. The molecule has 0 aliphatic carbocycles. The molecule has 39 heavy (non-hydrogen) atoms. The van der Waals surface area contributed by atoms with Gasteiger partial charge in [-0.3, -0.25) is 9.69 Å². The van der Waals surface area contributed by atoms with E-state index in [0.717, 1.165) is 17.4 Å². The number of piperazine rings is 1. The van der Waals surface area contributed by atoms with Gasteiger partial charge in [0.2, 0.25) is 0 Å². The van der Waals surface area contributed by atoms with Crippen molar-refractivity contribution in [3.8, 4) is 11.5 Å². The zero-order valence-corrected chi connectivity index (χ0v) is 21.0. The molecule has 3 N–H and O–H groups in total. The van der Waals surface area contributed by atoms with Crippen LogP contribution in [0.1, 0.15) is 11.1 Å². The van der Waals surface area contributed by atoms with E-state index >= 15 is 0 Å². The first-order valence-corrected chi connectivity index (χ1v) is 12.6. The molecule has 1 fully saturated rings. The van der Waals surface area contributed by atoms with E-state index in [2.05, 4.69) is 10.2 Å². The van der Waals surface area contributed by atoms with E-state index in [1.54, 1.807) is 35.2 Å². The second-order valence-electron chi connectivity index (χ2n) is 9.62. The first-order chi connectivity index (χ1) is 18.6. The van der Waals surface area contributed by atoms with Crippen molar-refractivity contribution < 1.29 is 31.8 Å². The van der Waals surface area contributed by atoms with Crippen LogP contribution in [0.5, 0.6) is 11.5 Å². The largest absolute Gasteiger partial charge is 0.488 e. The summed E-state index contributed by atoms with van der Waals surface area (Å²) >= 11 is 0. The molecule has 1 amide bonds. The number of benzene rings is 3. The van der Waals surface area contributed by atoms with Crippen LogP contribution in [0.15, 0.2) is 60.7 Å². The van der Waals surface area contributed by atoms with Gasteiger partial charge in [-0.25, -0.2) is 4.39 Å². The molecule has 0 spiro atoms. The van der Waals surface area contributed by atoms with Gasteiger partial charge in [-0.1, -0.05) is 0 Å². The predicted octanol–water partition coefficient (Wildman–Crippen LogP) is 4.70. The minimum Gasteiger partial charge on any atom is -0.488 e. The molecular formula is C28H28F4N4O3. The number of nitrogens with zero attached hydrogens (tertiary/aromatic N) is 2. The molecule has 1 atom stereocenters. The lowest BCUT2D eigenvalue weighted by Crippen LogP contribution is -2.51. The van der Waals surface area contributed by atoms with E-state index in [9.17, 15) is 22.4 Å². The van der Waals surface area contributed by atoms with Crippen molar-refractivity contribution in [1.82, 2.24) is 9.80 Å². The molecular weight excluding hydrogens is 516 g/mol. The summed E-state index contributed by atoms with van der Waals surface area (Å²) in [6.07, 6.45) is -3.91. The van der Waals surface area contributed by atoms with Crippen molar-refractivity contribution in [2.45, 2.75) is 18.7 Å². The fourth-order valence-electron chi connectivity index (χ4n) is 4.78. The van der Waals surface area contributed by atoms with Crippen LogP contribution < -0.4 is 20.5 Å². The maximum absolute atomic E-state index is 13.4. The Hall–Kier alpha value is -3.99. The lowest BCUT2D eigenvalue weighted by atomic mass is 10.1. The van der Waals surface area contributed by atoms with E-state index in [1.807, 2.05) is 0 Å². The van der Waals surface area contributed by atoms with Crippen molar-refractivity contribution in [3.63, 3.8) is 0 Å². The number of nitrogens with one attached hydrogen (secondary N) is 1. The molecule has 2 aliphatic rings. The van der Waals surface area contributed by atoms with Crippen molar-refractivity contribution >= 4 is 23.0 Å². The smallest absolute Gasteiger partial charge is 0.418 e. The molecule has 7 nitrogen and oxygen atoms in total. The van der Waals surface area contributed by atoms with Crippen molar-refractivity contribution in [2.75, 3.05) is 50.4 Å². The molecule has 5 rings (SSSR count). The fraction of sp³-hybridized carbons (Fsp3) is 0.321. The summed E-state index contributed by atoms with van der Waals surface area (Å²) in [7, 11) is 0. The molecule has 0 aromatic heterocycles. The molecule has 2 aliphatic heterocycles. The topological polar surface area (TPSA) is 80.1 Å². The third kappa shape index (κ3) is 6.54. The highest BCUT2D eigenvalue weighted by molar-refractivity contribution is 5.78. The number of ether oxygens (including phenoxy) is 2. The Kier molecular flexibility index (Phi) is 7.51. The van der Waals surface area contributed by atoms with Crippen LogP contribution >= 0.6 is 0 Å². The van der Waals surface area contributed by atoms with Gasteiger partial charge in [0.25, 0.3) is 5.91 Å². The summed E-state index contributed by atoms with van der Waals surface area (Å²) in [5.41, 5.74) is 5.90. The number of halogens is 4. The summed E-state index contributed by atoms with van der Waals surface area (Å²) < 4.78 is 64.3. The normalized spacial score (nSPS) is 17.4. The quantitative estimate of drug-likeness (QED) is 0.332. The second kappa shape index (κ2) is 11.0. The second-order valence-corrected chi connectivity index (χ2v) is 9.62. The molecule has 1 saturated heterocycles. The number of fused-ring (bicyclic) bond motifs is 1. The van der Waals surface area contributed by atoms with E-state index in [1.165, 1.54) is 24.3 Å². The van der Waals surface area contributed by atoms with Crippen LogP contribution in [0.25, 0.3) is 0 Å². The Morgan fingerprint density at radius 3 is 2.44 bits per heavy atom. The van der Waals surface area contributed by atoms with Crippen LogP contribution in [0.3, 0.4) is 0 Å². The third-order valence-corrected chi connectivity index (χ3v) is 6.81. The third-order valence-electron chi connectivity index (χ3n) is 6.81. The number of nitrogen functional groups attached to an aromatic ring is 1. The first kappa shape index (κ1) is 26.6. The van der Waals surface area contributed by atoms with E-state index in [4.69, 9.17) is 15.2 Å². The van der Waals surface area contributed by atoms with E-state index in [0.29, 0.717) is 50.6 Å². The van der Waals surface area contributed by atoms with Crippen molar-refractivity contribution in [3.05, 3.63) is 77.6 Å². The summed E-state index contributed by atoms with van der Waals surface area (Å²) in [5, 5.41) is 2.91. The Morgan fingerprint density at radius 1 is 1.00 bits per heavy atom. The van der Waals surface area contributed by atoms with Gasteiger partial charge in [0.05, 0.1) is 5.56 Å². The standard InChI is InChI=1S/C28H28F4N4O3/c29-19-1-8-26-18(13-19)14-23(39-26)16-35-9-11-36(12-10-35)27(37)17-38-22-5-2-20(3-6-22)34-21-4-7-25(33)24(15-21)28(30,31)32/h1-8,13,15,23,34H,9-12,14,16-17,33H2. The molecule has 3 aromatic carbocycles. The number of anilines is 3. The Morgan fingerprint density at radius 2 is 1.72 bits per heavy atom.